The largest absolute Gasteiger partial charge is 0.481 e. The second kappa shape index (κ2) is 25.4. The Hall–Kier alpha value is -2.19. The summed E-state index contributed by atoms with van der Waals surface area (Å²) in [5, 5.41) is 19.2. The molecule has 12 fully saturated rings. The molecule has 12 rings (SSSR count). The Balaban J connectivity index is 0.000000147. The molecule has 510 valence electrons. The van der Waals surface area contributed by atoms with Crippen LogP contribution < -0.4 is 0 Å². The molecule has 0 aromatic heterocycles. The van der Waals surface area contributed by atoms with Gasteiger partial charge in [0.05, 0.1) is 20.3 Å². The summed E-state index contributed by atoms with van der Waals surface area (Å²) in [6.07, 6.45) is 17.0. The second-order valence-electron chi connectivity index (χ2n) is 34.7. The number of alkyl halides is 8. The molecule has 12 saturated carbocycles. The van der Waals surface area contributed by atoms with Crippen LogP contribution in [-0.4, -0.2) is 78.6 Å². The quantitative estimate of drug-likeness (QED) is 0.148. The molecule has 15 heteroatoms. The Morgan fingerprint density at radius 2 is 0.697 bits per heavy atom. The van der Waals surface area contributed by atoms with Crippen molar-refractivity contribution >= 4 is 17.9 Å². The van der Waals surface area contributed by atoms with Crippen LogP contribution in [0.3, 0.4) is 0 Å². The molecule has 0 heterocycles. The fraction of sp³-hybridized carbons (Fsp3) is 0.959. The van der Waals surface area contributed by atoms with Crippen LogP contribution in [0.2, 0.25) is 0 Å². The van der Waals surface area contributed by atoms with Crippen LogP contribution in [0.4, 0.5) is 35.1 Å². The van der Waals surface area contributed by atoms with E-state index in [2.05, 4.69) is 62.3 Å². The standard InChI is InChI=1S/C25H39F3O2.C25H40F2O3.C24H37F3O2/c1-15(5-8-21(29)30-4)18-6-7-19-22-20(10-12-24(18,19)3)23(2)11-9-17(26)13-16(23)14-25(22,27)28;1-15(5-8-21(29)30-4)18-6-7-19-22-20(10-12-24(18,19)3)23(2)11-9-17(28)13-16(23)14-25(22,26)27;1-14(4-7-20(28)29)17-5-6-18-21-19(9-11-23(17,18)3)22(2)10-8-16(25)12-15(22)13-24(21,26)27/h15-20,22H,5-14H2,1-4H3;15-20,22,28H,5-14H2,1-4H3;14-19,21H,4-13H2,1-3H3,(H,28,29)/t15-,16+,17+,18?,19+,20+,22+,23+,24-;15-,16+,17-,18?,19+,20+,22+,23+,24-;14-,15+,16+,17?,18+,19+,21+,22+,23-/m111/s1. The third-order valence-corrected chi connectivity index (χ3v) is 31.0. The summed E-state index contributed by atoms with van der Waals surface area (Å²) in [5.74, 6) is -9.04. The zero-order valence-electron chi connectivity index (χ0n) is 56.3. The number of ether oxygens (including phenoxy) is 2. The van der Waals surface area contributed by atoms with E-state index < -0.39 is 59.9 Å². The smallest absolute Gasteiger partial charge is 0.305 e. The number of carboxylic acids is 1. The van der Waals surface area contributed by atoms with Crippen molar-refractivity contribution in [2.24, 2.45) is 139 Å². The molecule has 12 aliphatic rings. The highest BCUT2D eigenvalue weighted by atomic mass is 19.3. The van der Waals surface area contributed by atoms with Crippen molar-refractivity contribution in [3.63, 3.8) is 0 Å². The molecule has 0 aromatic rings. The maximum Gasteiger partial charge on any atom is 0.305 e. The maximum absolute atomic E-state index is 15.7. The number of hydrogen-bond donors (Lipinski definition) is 2. The molecular weight excluding hydrogens is 1150 g/mol. The van der Waals surface area contributed by atoms with Crippen molar-refractivity contribution in [3.05, 3.63) is 0 Å². The molecule has 0 radical (unpaired) electrons. The number of fused-ring (bicyclic) bond motifs is 15. The van der Waals surface area contributed by atoms with Gasteiger partial charge in [0.15, 0.2) is 0 Å². The van der Waals surface area contributed by atoms with Crippen LogP contribution in [0, 0.1) is 139 Å². The Labute approximate surface area is 529 Å². The van der Waals surface area contributed by atoms with E-state index in [9.17, 15) is 28.3 Å². The van der Waals surface area contributed by atoms with Crippen molar-refractivity contribution in [2.45, 2.75) is 291 Å². The van der Waals surface area contributed by atoms with Crippen LogP contribution in [0.15, 0.2) is 0 Å². The normalized spacial score (nSPS) is 48.7. The number of carbonyl (C=O) groups excluding carboxylic acids is 2. The number of halogens is 8. The van der Waals surface area contributed by atoms with Gasteiger partial charge in [0, 0.05) is 56.3 Å². The molecule has 2 N–H and O–H groups in total. The van der Waals surface area contributed by atoms with Gasteiger partial charge in [0.25, 0.3) is 17.8 Å². The number of methoxy groups -OCH3 is 2. The first kappa shape index (κ1) is 69.6. The molecule has 7 nitrogen and oxygen atoms in total. The third-order valence-electron chi connectivity index (χ3n) is 31.0. The summed E-state index contributed by atoms with van der Waals surface area (Å²) in [7, 11) is 2.83. The van der Waals surface area contributed by atoms with E-state index in [-0.39, 0.29) is 129 Å². The van der Waals surface area contributed by atoms with Crippen molar-refractivity contribution in [1.82, 2.24) is 0 Å². The minimum absolute atomic E-state index is 0.00472. The number of carboxylic acid groups (broad SMARTS) is 1. The van der Waals surface area contributed by atoms with Gasteiger partial charge < -0.3 is 19.7 Å². The lowest BCUT2D eigenvalue weighted by molar-refractivity contribution is -0.238. The van der Waals surface area contributed by atoms with Crippen LogP contribution in [-0.2, 0) is 23.9 Å². The molecule has 0 aromatic carbocycles. The summed E-state index contributed by atoms with van der Waals surface area (Å²) in [6.45, 7) is 19.9. The van der Waals surface area contributed by atoms with E-state index in [0.29, 0.717) is 81.0 Å². The van der Waals surface area contributed by atoms with Crippen LogP contribution >= 0.6 is 0 Å². The van der Waals surface area contributed by atoms with Gasteiger partial charge in [-0.15, -0.1) is 0 Å². The van der Waals surface area contributed by atoms with E-state index in [0.717, 1.165) is 116 Å². The lowest BCUT2D eigenvalue weighted by Gasteiger charge is -2.63. The first-order valence-corrected chi connectivity index (χ1v) is 36.0. The van der Waals surface area contributed by atoms with Crippen LogP contribution in [0.1, 0.15) is 255 Å². The topological polar surface area (TPSA) is 110 Å². The van der Waals surface area contributed by atoms with Gasteiger partial charge in [0.2, 0.25) is 0 Å². The van der Waals surface area contributed by atoms with Gasteiger partial charge in [-0.05, 0) is 275 Å². The van der Waals surface area contributed by atoms with Crippen LogP contribution in [0.25, 0.3) is 0 Å². The van der Waals surface area contributed by atoms with E-state index in [4.69, 9.17) is 14.6 Å². The molecule has 3 unspecified atom stereocenters. The molecule has 0 aliphatic heterocycles. The van der Waals surface area contributed by atoms with Gasteiger partial charge in [-0.25, -0.2) is 35.1 Å². The minimum Gasteiger partial charge on any atom is -0.481 e. The van der Waals surface area contributed by atoms with E-state index in [1.54, 1.807) is 0 Å². The maximum atomic E-state index is 15.7. The summed E-state index contributed by atoms with van der Waals surface area (Å²) < 4.78 is 132. The molecule has 0 amide bonds. The van der Waals surface area contributed by atoms with Gasteiger partial charge in [0.1, 0.15) is 12.3 Å². The van der Waals surface area contributed by atoms with Gasteiger partial charge in [-0.2, -0.15) is 0 Å². The van der Waals surface area contributed by atoms with E-state index in [1.165, 1.54) is 14.2 Å². The second-order valence-corrected chi connectivity index (χ2v) is 34.7. The highest BCUT2D eigenvalue weighted by Crippen LogP contribution is 2.75. The Bertz CT molecular complexity index is 2400. The zero-order valence-corrected chi connectivity index (χ0v) is 56.3. The number of aliphatic carboxylic acids is 1. The third kappa shape index (κ3) is 12.4. The molecular formula is C74H116F8O7. The fourth-order valence-electron chi connectivity index (χ4n) is 26.1. The van der Waals surface area contributed by atoms with Crippen molar-refractivity contribution in [1.29, 1.82) is 0 Å². The summed E-state index contributed by atoms with van der Waals surface area (Å²) >= 11 is 0. The number of esters is 2. The number of carbonyl (C=O) groups is 3. The molecule has 0 saturated heterocycles. The highest BCUT2D eigenvalue weighted by molar-refractivity contribution is 5.69. The minimum atomic E-state index is -2.71. The van der Waals surface area contributed by atoms with Gasteiger partial charge in [-0.3, -0.25) is 14.4 Å². The number of aliphatic hydroxyl groups excluding tert-OH is 1. The van der Waals surface area contributed by atoms with Gasteiger partial charge in [-0.1, -0.05) is 62.3 Å². The highest BCUT2D eigenvalue weighted by Gasteiger charge is 2.72. The van der Waals surface area contributed by atoms with E-state index in [1.807, 2.05) is 0 Å². The average molecular weight is 1270 g/mol. The Morgan fingerprint density at radius 1 is 0.416 bits per heavy atom. The predicted octanol–water partition coefficient (Wildman–Crippen LogP) is 19.4. The Morgan fingerprint density at radius 3 is 1.01 bits per heavy atom. The van der Waals surface area contributed by atoms with Crippen molar-refractivity contribution in [3.8, 4) is 0 Å². The van der Waals surface area contributed by atoms with Gasteiger partial charge >= 0.3 is 17.9 Å². The summed E-state index contributed by atoms with van der Waals surface area (Å²) in [4.78, 5) is 34.3. The van der Waals surface area contributed by atoms with Crippen LogP contribution in [0.5, 0.6) is 0 Å². The summed E-state index contributed by atoms with van der Waals surface area (Å²) in [5.41, 5.74) is -0.600. The molecule has 0 spiro atoms. The molecule has 0 bridgehead atoms. The van der Waals surface area contributed by atoms with E-state index >= 15 is 26.3 Å². The number of rotatable bonds is 12. The summed E-state index contributed by atoms with van der Waals surface area (Å²) in [6, 6.07) is 0. The average Bonchev–Trinajstić information content (AvgIpc) is 1.71. The van der Waals surface area contributed by atoms with Crippen molar-refractivity contribution < 1.29 is 69.2 Å². The lowest BCUT2D eigenvalue weighted by atomic mass is 9.43. The first-order valence-electron chi connectivity index (χ1n) is 36.0. The number of hydrogen-bond acceptors (Lipinski definition) is 6. The fourth-order valence-corrected chi connectivity index (χ4v) is 26.1. The number of aliphatic hydroxyl groups is 1. The molecule has 27 atom stereocenters. The molecule has 12 aliphatic carbocycles. The first-order chi connectivity index (χ1) is 41.5. The monoisotopic (exact) mass is 1270 g/mol. The molecule has 89 heavy (non-hydrogen) atoms. The van der Waals surface area contributed by atoms with Crippen molar-refractivity contribution in [2.75, 3.05) is 14.2 Å². The zero-order chi connectivity index (χ0) is 65.0. The Kier molecular flexibility index (Phi) is 19.9. The lowest BCUT2D eigenvalue weighted by Crippen LogP contribution is -2.61. The SMILES string of the molecule is COC(=O)CC[C@@H](C)C1CC[C@H]2[C@H]3[C@H](CC[C@]12C)[C@@]1(C)CC[C@@H](O)C[C@H]1CC3(F)F.COC(=O)CC[C@@H](C)C1CC[C@H]2[C@H]3[C@H](CC[C@]12C)[C@@]1(C)CC[C@H](F)C[C@H]1CC3(F)F.C[C@H](CCC(=O)O)C1CC[C@H]2[C@H]3[C@H](CC[C@]12C)[C@@]1(C)CC[C@H](F)C[C@H]1CC3(F)F. The predicted molar refractivity (Wildman–Crippen MR) is 329 cm³/mol.